The highest BCUT2D eigenvalue weighted by atomic mass is 16.5. The Morgan fingerprint density at radius 2 is 1.74 bits per heavy atom. The van der Waals surface area contributed by atoms with E-state index in [1.54, 1.807) is 6.07 Å². The molecule has 122 valence electrons. The molecule has 1 heterocycles. The average molecular weight is 315 g/mol. The smallest absolute Gasteiger partial charge is 0.236 e. The van der Waals surface area contributed by atoms with Gasteiger partial charge in [0.15, 0.2) is 0 Å². The first-order valence-electron chi connectivity index (χ1n) is 8.14. The molecule has 5 heteroatoms. The highest BCUT2D eigenvalue weighted by Gasteiger charge is 2.36. The third-order valence-corrected chi connectivity index (χ3v) is 4.25. The van der Waals surface area contributed by atoms with Crippen LogP contribution in [-0.2, 0) is 9.53 Å². The fourth-order valence-electron chi connectivity index (χ4n) is 3.12. The lowest BCUT2D eigenvalue weighted by Gasteiger charge is -2.29. The van der Waals surface area contributed by atoms with Gasteiger partial charge in [0.2, 0.25) is 11.6 Å². The Hall–Kier alpha value is -1.82. The largest absolute Gasteiger partial charge is 0.379 e. The van der Waals surface area contributed by atoms with E-state index in [0.717, 1.165) is 24.4 Å². The Morgan fingerprint density at radius 3 is 2.39 bits per heavy atom. The first-order chi connectivity index (χ1) is 11.1. The Bertz CT molecular complexity index is 658. The second-order valence-electron chi connectivity index (χ2n) is 6.40. The number of fused-ring (bicyclic) bond motifs is 1. The van der Waals surface area contributed by atoms with Crippen LogP contribution in [0.25, 0.3) is 5.70 Å². The third kappa shape index (κ3) is 3.27. The number of quaternary nitrogens is 1. The van der Waals surface area contributed by atoms with Gasteiger partial charge < -0.3 is 10.1 Å². The summed E-state index contributed by atoms with van der Waals surface area (Å²) in [6.45, 7) is 7.63. The van der Waals surface area contributed by atoms with Gasteiger partial charge in [0.05, 0.1) is 24.8 Å². The number of morpholine rings is 1. The fraction of sp³-hybridized carbons (Fsp3) is 0.444. The van der Waals surface area contributed by atoms with Crippen molar-refractivity contribution in [3.05, 3.63) is 41.0 Å². The SMILES string of the molecule is CC(C)[NH2+]C1=C(CN2CCOCC2)C(=O)C(=O)c2ccccc21. The lowest BCUT2D eigenvalue weighted by atomic mass is 9.86. The van der Waals surface area contributed by atoms with E-state index in [4.69, 9.17) is 4.74 Å². The quantitative estimate of drug-likeness (QED) is 0.820. The summed E-state index contributed by atoms with van der Waals surface area (Å²) in [6, 6.07) is 7.72. The van der Waals surface area contributed by atoms with Crippen molar-refractivity contribution in [2.75, 3.05) is 32.8 Å². The minimum Gasteiger partial charge on any atom is -0.379 e. The molecule has 3 rings (SSSR count). The van der Waals surface area contributed by atoms with Crippen LogP contribution in [-0.4, -0.2) is 55.4 Å². The lowest BCUT2D eigenvalue weighted by Crippen LogP contribution is -2.86. The van der Waals surface area contributed by atoms with Crippen molar-refractivity contribution in [1.29, 1.82) is 0 Å². The van der Waals surface area contributed by atoms with Gasteiger partial charge in [0.1, 0.15) is 5.70 Å². The second-order valence-corrected chi connectivity index (χ2v) is 6.40. The second kappa shape index (κ2) is 6.74. The van der Waals surface area contributed by atoms with Gasteiger partial charge in [-0.15, -0.1) is 0 Å². The van der Waals surface area contributed by atoms with E-state index in [1.807, 2.05) is 18.2 Å². The summed E-state index contributed by atoms with van der Waals surface area (Å²) in [6.07, 6.45) is 0. The number of ether oxygens (including phenoxy) is 1. The molecule has 5 nitrogen and oxygen atoms in total. The molecule has 1 fully saturated rings. The number of hydrogen-bond donors (Lipinski definition) is 1. The first kappa shape index (κ1) is 16.1. The maximum atomic E-state index is 12.7. The molecule has 2 N–H and O–H groups in total. The van der Waals surface area contributed by atoms with Gasteiger partial charge in [-0.2, -0.15) is 0 Å². The van der Waals surface area contributed by atoms with Crippen LogP contribution in [0.1, 0.15) is 29.8 Å². The maximum Gasteiger partial charge on any atom is 0.236 e. The molecule has 0 unspecified atom stereocenters. The van der Waals surface area contributed by atoms with Crippen LogP contribution < -0.4 is 5.32 Å². The van der Waals surface area contributed by atoms with E-state index in [9.17, 15) is 9.59 Å². The number of nitrogens with two attached hydrogens (primary N) is 1. The highest BCUT2D eigenvalue weighted by Crippen LogP contribution is 2.26. The first-order valence-corrected chi connectivity index (χ1v) is 8.14. The van der Waals surface area contributed by atoms with Crippen molar-refractivity contribution in [2.24, 2.45) is 0 Å². The zero-order chi connectivity index (χ0) is 16.4. The van der Waals surface area contributed by atoms with Gasteiger partial charge in [-0.3, -0.25) is 14.5 Å². The van der Waals surface area contributed by atoms with Gasteiger partial charge in [-0.05, 0) is 19.9 Å². The normalized spacial score (nSPS) is 19.4. The summed E-state index contributed by atoms with van der Waals surface area (Å²) in [7, 11) is 0. The molecule has 0 spiro atoms. The third-order valence-electron chi connectivity index (χ3n) is 4.25. The van der Waals surface area contributed by atoms with E-state index in [2.05, 4.69) is 24.1 Å². The van der Waals surface area contributed by atoms with Crippen LogP contribution in [0.3, 0.4) is 0 Å². The van der Waals surface area contributed by atoms with Crippen molar-refractivity contribution < 1.29 is 19.6 Å². The molecule has 0 saturated carbocycles. The summed E-state index contributed by atoms with van der Waals surface area (Å²) in [4.78, 5) is 27.3. The number of benzene rings is 1. The van der Waals surface area contributed by atoms with Crippen molar-refractivity contribution in [2.45, 2.75) is 19.9 Å². The molecule has 0 atom stereocenters. The van der Waals surface area contributed by atoms with Crippen LogP contribution in [0.2, 0.25) is 0 Å². The van der Waals surface area contributed by atoms with Crippen LogP contribution in [0.4, 0.5) is 0 Å². The zero-order valence-corrected chi connectivity index (χ0v) is 13.7. The molecule has 1 aromatic rings. The summed E-state index contributed by atoms with van der Waals surface area (Å²) in [5.74, 6) is -0.744. The minimum atomic E-state index is -0.384. The number of carbonyl (C=O) groups excluding carboxylic acids is 2. The summed E-state index contributed by atoms with van der Waals surface area (Å²) in [5, 5.41) is 2.10. The van der Waals surface area contributed by atoms with E-state index >= 15 is 0 Å². The van der Waals surface area contributed by atoms with E-state index in [0.29, 0.717) is 36.9 Å². The molecule has 23 heavy (non-hydrogen) atoms. The molecule has 1 aliphatic carbocycles. The van der Waals surface area contributed by atoms with Crippen molar-refractivity contribution in [3.63, 3.8) is 0 Å². The fourth-order valence-corrected chi connectivity index (χ4v) is 3.12. The number of nitrogens with zero attached hydrogens (tertiary/aromatic N) is 1. The van der Waals surface area contributed by atoms with Gasteiger partial charge in [0.25, 0.3) is 0 Å². The molecule has 0 amide bonds. The van der Waals surface area contributed by atoms with E-state index < -0.39 is 0 Å². The standard InChI is InChI=1S/C18H22N2O3/c1-12(2)19-16-13-5-3-4-6-14(13)17(21)18(22)15(16)11-20-7-9-23-10-8-20/h3-6,12,19H,7-11H2,1-2H3/p+1. The van der Waals surface area contributed by atoms with Gasteiger partial charge in [0, 0.05) is 30.8 Å². The summed E-state index contributed by atoms with van der Waals surface area (Å²) < 4.78 is 5.37. The van der Waals surface area contributed by atoms with Crippen LogP contribution in [0.5, 0.6) is 0 Å². The number of ketones is 2. The van der Waals surface area contributed by atoms with Crippen molar-refractivity contribution in [1.82, 2.24) is 4.90 Å². The number of rotatable bonds is 4. The Balaban J connectivity index is 2.03. The Morgan fingerprint density at radius 1 is 1.09 bits per heavy atom. The molecule has 2 aliphatic rings. The van der Waals surface area contributed by atoms with Crippen molar-refractivity contribution in [3.8, 4) is 0 Å². The number of Topliss-reactive ketones (excluding diaryl/α,β-unsaturated/α-hetero) is 2. The van der Waals surface area contributed by atoms with Crippen LogP contribution in [0, 0.1) is 0 Å². The molecule has 0 radical (unpaired) electrons. The zero-order valence-electron chi connectivity index (χ0n) is 13.7. The number of carbonyl (C=O) groups is 2. The molecular weight excluding hydrogens is 292 g/mol. The van der Waals surface area contributed by atoms with Gasteiger partial charge >= 0.3 is 0 Å². The monoisotopic (exact) mass is 315 g/mol. The predicted octanol–water partition coefficient (Wildman–Crippen LogP) is 0.467. The summed E-state index contributed by atoms with van der Waals surface area (Å²) in [5.41, 5.74) is 2.96. The maximum absolute atomic E-state index is 12.7. The average Bonchev–Trinajstić information content (AvgIpc) is 2.56. The topological polar surface area (TPSA) is 63.2 Å². The minimum absolute atomic E-state index is 0.304. The molecule has 1 saturated heterocycles. The molecule has 0 aromatic heterocycles. The summed E-state index contributed by atoms with van der Waals surface area (Å²) >= 11 is 0. The number of hydrogen-bond acceptors (Lipinski definition) is 4. The van der Waals surface area contributed by atoms with Gasteiger partial charge in [-0.1, -0.05) is 18.2 Å². The van der Waals surface area contributed by atoms with Gasteiger partial charge in [-0.25, -0.2) is 0 Å². The van der Waals surface area contributed by atoms with Crippen LogP contribution >= 0.6 is 0 Å². The molecule has 1 aliphatic heterocycles. The molecule has 0 bridgehead atoms. The predicted molar refractivity (Wildman–Crippen MR) is 87.0 cm³/mol. The van der Waals surface area contributed by atoms with E-state index in [1.165, 1.54) is 0 Å². The van der Waals surface area contributed by atoms with Crippen molar-refractivity contribution >= 4 is 17.3 Å². The molecule has 1 aromatic carbocycles. The Labute approximate surface area is 136 Å². The lowest BCUT2D eigenvalue weighted by molar-refractivity contribution is -0.595. The molecular formula is C18H23N2O3+. The Kier molecular flexibility index (Phi) is 4.71. The van der Waals surface area contributed by atoms with Crippen LogP contribution in [0.15, 0.2) is 29.8 Å². The van der Waals surface area contributed by atoms with E-state index in [-0.39, 0.29) is 11.6 Å². The highest BCUT2D eigenvalue weighted by molar-refractivity contribution is 6.52.